The number of hydrogen-bond acceptors (Lipinski definition) is 3. The Hall–Kier alpha value is -2.50. The minimum atomic E-state index is -0.333. The van der Waals surface area contributed by atoms with Gasteiger partial charge in [-0.1, -0.05) is 35.3 Å². The van der Waals surface area contributed by atoms with Crippen molar-refractivity contribution in [2.45, 2.75) is 32.9 Å². The van der Waals surface area contributed by atoms with Crippen LogP contribution in [0, 0.1) is 6.92 Å². The molecule has 0 unspecified atom stereocenters. The number of carbonyl (C=O) groups excluding carboxylic acids is 1. The van der Waals surface area contributed by atoms with Gasteiger partial charge in [0.25, 0.3) is 0 Å². The first-order chi connectivity index (χ1) is 13.4. The van der Waals surface area contributed by atoms with Crippen LogP contribution in [0.2, 0.25) is 10.0 Å². The van der Waals surface area contributed by atoms with E-state index in [9.17, 15) is 4.79 Å². The van der Waals surface area contributed by atoms with Crippen molar-refractivity contribution in [3.05, 3.63) is 81.1 Å². The lowest BCUT2D eigenvalue weighted by Gasteiger charge is -2.13. The van der Waals surface area contributed by atoms with Crippen LogP contribution in [0.5, 0.6) is 5.75 Å². The van der Waals surface area contributed by atoms with Crippen LogP contribution < -0.4 is 10.5 Å². The fourth-order valence-electron chi connectivity index (χ4n) is 2.83. The molecule has 1 heterocycles. The average molecular weight is 418 g/mol. The molecule has 0 saturated heterocycles. The summed E-state index contributed by atoms with van der Waals surface area (Å²) in [5, 5.41) is 5.90. The van der Waals surface area contributed by atoms with Crippen molar-refractivity contribution >= 4 is 29.1 Å². The molecule has 0 atom stereocenters. The highest BCUT2D eigenvalue weighted by Gasteiger charge is 2.11. The Balaban J connectivity index is 1.75. The van der Waals surface area contributed by atoms with Gasteiger partial charge in [-0.25, -0.2) is 0 Å². The van der Waals surface area contributed by atoms with Crippen LogP contribution in [0.3, 0.4) is 0 Å². The van der Waals surface area contributed by atoms with E-state index in [0.29, 0.717) is 29.6 Å². The molecule has 0 radical (unpaired) electrons. The van der Waals surface area contributed by atoms with E-state index in [0.717, 1.165) is 28.3 Å². The third kappa shape index (κ3) is 5.50. The van der Waals surface area contributed by atoms with Crippen molar-refractivity contribution in [1.82, 2.24) is 9.78 Å². The van der Waals surface area contributed by atoms with E-state index in [1.165, 1.54) is 0 Å². The molecular formula is C21H21Cl2N3O2. The average Bonchev–Trinajstić information content (AvgIpc) is 3.00. The van der Waals surface area contributed by atoms with Crippen LogP contribution in [-0.4, -0.2) is 15.7 Å². The van der Waals surface area contributed by atoms with Gasteiger partial charge in [-0.2, -0.15) is 5.10 Å². The highest BCUT2D eigenvalue weighted by molar-refractivity contribution is 6.30. The van der Waals surface area contributed by atoms with Crippen molar-refractivity contribution in [2.75, 3.05) is 0 Å². The molecule has 146 valence electrons. The van der Waals surface area contributed by atoms with Crippen LogP contribution in [0.25, 0.3) is 0 Å². The number of nitrogens with zero attached hydrogens (tertiary/aromatic N) is 2. The number of amides is 1. The number of hydrogen-bond donors (Lipinski definition) is 1. The SMILES string of the molecule is Cc1cc(CCC(N)=O)nn1Cc1cc(Cl)ccc1OCc1ccc(Cl)cc1. The van der Waals surface area contributed by atoms with E-state index in [2.05, 4.69) is 5.10 Å². The Morgan fingerprint density at radius 1 is 1.11 bits per heavy atom. The molecule has 0 saturated carbocycles. The second-order valence-electron chi connectivity index (χ2n) is 6.57. The van der Waals surface area contributed by atoms with Crippen LogP contribution in [0.4, 0.5) is 0 Å². The number of aryl methyl sites for hydroxylation is 2. The van der Waals surface area contributed by atoms with Gasteiger partial charge < -0.3 is 10.5 Å². The fraction of sp³-hybridized carbons (Fsp3) is 0.238. The van der Waals surface area contributed by atoms with Crippen molar-refractivity contribution in [3.63, 3.8) is 0 Å². The van der Waals surface area contributed by atoms with E-state index < -0.39 is 0 Å². The maximum Gasteiger partial charge on any atom is 0.217 e. The molecule has 3 rings (SSSR count). The van der Waals surface area contributed by atoms with Gasteiger partial charge in [0.1, 0.15) is 12.4 Å². The number of halogens is 2. The summed E-state index contributed by atoms with van der Waals surface area (Å²) in [7, 11) is 0. The monoisotopic (exact) mass is 417 g/mol. The predicted molar refractivity (Wildman–Crippen MR) is 111 cm³/mol. The van der Waals surface area contributed by atoms with E-state index in [-0.39, 0.29) is 12.3 Å². The zero-order valence-electron chi connectivity index (χ0n) is 15.5. The van der Waals surface area contributed by atoms with Crippen LogP contribution in [0.15, 0.2) is 48.5 Å². The number of carbonyl (C=O) groups is 1. The minimum Gasteiger partial charge on any atom is -0.489 e. The van der Waals surface area contributed by atoms with Gasteiger partial charge >= 0.3 is 0 Å². The Bertz CT molecular complexity index is 968. The summed E-state index contributed by atoms with van der Waals surface area (Å²) < 4.78 is 7.88. The van der Waals surface area contributed by atoms with E-state index in [1.807, 2.05) is 54.1 Å². The maximum atomic E-state index is 11.0. The molecule has 0 fully saturated rings. The summed E-state index contributed by atoms with van der Waals surface area (Å²) in [5.41, 5.74) is 8.99. The third-order valence-corrected chi connectivity index (χ3v) is 4.80. The number of primary amides is 1. The molecule has 0 aliphatic carbocycles. The molecule has 7 heteroatoms. The summed E-state index contributed by atoms with van der Waals surface area (Å²) in [6, 6.07) is 15.0. The van der Waals surface area contributed by atoms with Crippen LogP contribution in [0.1, 0.15) is 28.9 Å². The topological polar surface area (TPSA) is 70.1 Å². The molecule has 28 heavy (non-hydrogen) atoms. The molecule has 1 aromatic heterocycles. The molecule has 2 aromatic carbocycles. The third-order valence-electron chi connectivity index (χ3n) is 4.31. The maximum absolute atomic E-state index is 11.0. The number of aromatic nitrogens is 2. The number of rotatable bonds is 8. The van der Waals surface area contributed by atoms with E-state index in [1.54, 1.807) is 6.07 Å². The second-order valence-corrected chi connectivity index (χ2v) is 7.44. The first-order valence-electron chi connectivity index (χ1n) is 8.88. The minimum absolute atomic E-state index is 0.281. The fourth-order valence-corrected chi connectivity index (χ4v) is 3.15. The molecule has 5 nitrogen and oxygen atoms in total. The zero-order valence-corrected chi connectivity index (χ0v) is 17.0. The Labute approximate surface area is 174 Å². The van der Waals surface area contributed by atoms with Crippen molar-refractivity contribution in [2.24, 2.45) is 5.73 Å². The summed E-state index contributed by atoms with van der Waals surface area (Å²) in [5.74, 6) is 0.410. The van der Waals surface area contributed by atoms with Gasteiger partial charge in [0, 0.05) is 34.1 Å². The van der Waals surface area contributed by atoms with Gasteiger partial charge in [-0.05, 0) is 48.9 Å². The van der Waals surface area contributed by atoms with E-state index in [4.69, 9.17) is 33.7 Å². The highest BCUT2D eigenvalue weighted by atomic mass is 35.5. The molecule has 0 bridgehead atoms. The van der Waals surface area contributed by atoms with Crippen LogP contribution >= 0.6 is 23.2 Å². The van der Waals surface area contributed by atoms with Crippen molar-refractivity contribution < 1.29 is 9.53 Å². The Morgan fingerprint density at radius 2 is 1.82 bits per heavy atom. The van der Waals surface area contributed by atoms with Crippen molar-refractivity contribution in [3.8, 4) is 5.75 Å². The number of nitrogens with two attached hydrogens (primary N) is 1. The summed E-state index contributed by atoms with van der Waals surface area (Å²) in [6.45, 7) is 2.91. The molecule has 3 aromatic rings. The standard InChI is InChI=1S/C21H21Cl2N3O2/c1-14-10-19(7-9-21(24)27)25-26(14)12-16-11-18(23)6-8-20(16)28-13-15-2-4-17(22)5-3-15/h2-6,8,10-11H,7,9,12-13H2,1H3,(H2,24,27). The molecular weight excluding hydrogens is 397 g/mol. The van der Waals surface area contributed by atoms with Gasteiger partial charge in [0.15, 0.2) is 0 Å². The molecule has 1 amide bonds. The van der Waals surface area contributed by atoms with Gasteiger partial charge in [0.2, 0.25) is 5.91 Å². The summed E-state index contributed by atoms with van der Waals surface area (Å²) in [4.78, 5) is 11.0. The largest absolute Gasteiger partial charge is 0.489 e. The number of benzene rings is 2. The smallest absolute Gasteiger partial charge is 0.217 e. The second kappa shape index (κ2) is 9.13. The Morgan fingerprint density at radius 3 is 2.54 bits per heavy atom. The summed E-state index contributed by atoms with van der Waals surface area (Å²) in [6.07, 6.45) is 0.807. The Kier molecular flexibility index (Phi) is 6.60. The van der Waals surface area contributed by atoms with Gasteiger partial charge in [0.05, 0.1) is 12.2 Å². The van der Waals surface area contributed by atoms with E-state index >= 15 is 0 Å². The summed E-state index contributed by atoms with van der Waals surface area (Å²) >= 11 is 12.1. The zero-order chi connectivity index (χ0) is 20.1. The first-order valence-corrected chi connectivity index (χ1v) is 9.63. The van der Waals surface area contributed by atoms with Gasteiger partial charge in [-0.3, -0.25) is 9.48 Å². The molecule has 0 spiro atoms. The van der Waals surface area contributed by atoms with Gasteiger partial charge in [-0.15, -0.1) is 0 Å². The molecule has 0 aliphatic rings. The number of ether oxygens (including phenoxy) is 1. The van der Waals surface area contributed by atoms with Crippen LogP contribution in [-0.2, 0) is 24.4 Å². The van der Waals surface area contributed by atoms with Crippen molar-refractivity contribution in [1.29, 1.82) is 0 Å². The molecule has 0 aliphatic heterocycles. The predicted octanol–water partition coefficient (Wildman–Crippen LogP) is 4.54. The first kappa shape index (κ1) is 20.2. The lowest BCUT2D eigenvalue weighted by Crippen LogP contribution is -2.11. The normalized spacial score (nSPS) is 10.8. The lowest BCUT2D eigenvalue weighted by atomic mass is 10.2. The highest BCUT2D eigenvalue weighted by Crippen LogP contribution is 2.25. The lowest BCUT2D eigenvalue weighted by molar-refractivity contribution is -0.118. The quantitative estimate of drug-likeness (QED) is 0.584. The molecule has 2 N–H and O–H groups in total.